The molecule has 0 saturated carbocycles. The van der Waals surface area contributed by atoms with Gasteiger partial charge in [-0.3, -0.25) is 4.79 Å². The number of esters is 1. The third kappa shape index (κ3) is 4.28. The molecule has 0 saturated heterocycles. The second-order valence-corrected chi connectivity index (χ2v) is 5.19. The van der Waals surface area contributed by atoms with E-state index in [1.165, 1.54) is 11.7 Å². The van der Waals surface area contributed by atoms with Crippen molar-refractivity contribution < 1.29 is 18.7 Å². The topological polar surface area (TPSA) is 112 Å². The number of pyridine rings is 1. The summed E-state index contributed by atoms with van der Waals surface area (Å²) < 4.78 is 19.7. The molecule has 0 atom stereocenters. The molecule has 0 aliphatic carbocycles. The maximum atomic E-state index is 13.6. The smallest absolute Gasteiger partial charge is 0.343 e. The minimum absolute atomic E-state index is 0.0237. The zero-order chi connectivity index (χ0) is 18.6. The van der Waals surface area contributed by atoms with E-state index in [0.717, 1.165) is 12.3 Å². The van der Waals surface area contributed by atoms with Gasteiger partial charge in [0.2, 0.25) is 11.7 Å². The largest absolute Gasteiger partial charge is 0.462 e. The summed E-state index contributed by atoms with van der Waals surface area (Å²) in [6.07, 6.45) is 1.04. The van der Waals surface area contributed by atoms with Crippen molar-refractivity contribution in [2.45, 2.75) is 6.92 Å². The number of nitrogens with one attached hydrogen (secondary N) is 1. The molecule has 0 fully saturated rings. The van der Waals surface area contributed by atoms with Gasteiger partial charge < -0.3 is 10.1 Å². The van der Waals surface area contributed by atoms with Crippen LogP contribution in [0.2, 0.25) is 10.3 Å². The van der Waals surface area contributed by atoms with Gasteiger partial charge in [-0.05, 0) is 23.4 Å². The summed E-state index contributed by atoms with van der Waals surface area (Å²) in [5.41, 5.74) is -0.795. The number of tetrazole rings is 1. The van der Waals surface area contributed by atoms with Gasteiger partial charge in [0.15, 0.2) is 11.0 Å². The predicted octanol–water partition coefficient (Wildman–Crippen LogP) is 1.79. The molecule has 0 aromatic carbocycles. The number of Topliss-reactive ketones (excluding diaryl/α,β-unsaturated/α-hetero) is 1. The molecule has 132 valence electrons. The van der Waals surface area contributed by atoms with Crippen LogP contribution in [0.1, 0.15) is 17.3 Å². The summed E-state index contributed by atoms with van der Waals surface area (Å²) in [5.74, 6) is -2.65. The van der Waals surface area contributed by atoms with Crippen LogP contribution in [0.4, 0.5) is 10.3 Å². The van der Waals surface area contributed by atoms with E-state index in [4.69, 9.17) is 27.9 Å². The van der Waals surface area contributed by atoms with Crippen molar-refractivity contribution in [3.05, 3.63) is 39.5 Å². The average molecular weight is 389 g/mol. The minimum atomic E-state index is -0.955. The van der Waals surface area contributed by atoms with Gasteiger partial charge in [0.1, 0.15) is 10.7 Å². The molecule has 0 spiro atoms. The number of carbonyl (C=O) groups excluding carboxylic acids is 2. The molecular weight excluding hydrogens is 378 g/mol. The molecule has 0 radical (unpaired) electrons. The monoisotopic (exact) mass is 388 g/mol. The van der Waals surface area contributed by atoms with Crippen molar-refractivity contribution in [1.29, 1.82) is 0 Å². The molecule has 0 aliphatic heterocycles. The Hall–Kier alpha value is -2.59. The number of nitrogens with zero attached hydrogens (tertiary/aromatic N) is 5. The SMILES string of the molecule is CCOC(=O)C(=CNc1nnnn1C)C(=O)c1cc(F)c(Cl)nc1Cl. The lowest BCUT2D eigenvalue weighted by atomic mass is 10.1. The van der Waals surface area contributed by atoms with E-state index in [-0.39, 0.29) is 23.3 Å². The summed E-state index contributed by atoms with van der Waals surface area (Å²) >= 11 is 11.3. The van der Waals surface area contributed by atoms with Gasteiger partial charge in [-0.15, -0.1) is 0 Å². The molecular formula is C13H11Cl2FN6O3. The summed E-state index contributed by atoms with van der Waals surface area (Å²) in [4.78, 5) is 28.2. The van der Waals surface area contributed by atoms with E-state index in [1.807, 2.05) is 0 Å². The van der Waals surface area contributed by atoms with Crippen LogP contribution in [0.15, 0.2) is 17.8 Å². The Morgan fingerprint density at radius 1 is 1.40 bits per heavy atom. The molecule has 2 aromatic heterocycles. The normalized spacial score (nSPS) is 11.3. The maximum absolute atomic E-state index is 13.6. The molecule has 9 nitrogen and oxygen atoms in total. The van der Waals surface area contributed by atoms with Crippen LogP contribution in [-0.2, 0) is 16.6 Å². The molecule has 0 unspecified atom stereocenters. The third-order valence-corrected chi connectivity index (χ3v) is 3.39. The summed E-state index contributed by atoms with van der Waals surface area (Å²) in [6.45, 7) is 1.59. The quantitative estimate of drug-likeness (QED) is 0.199. The summed E-state index contributed by atoms with van der Waals surface area (Å²) in [7, 11) is 1.54. The van der Waals surface area contributed by atoms with Crippen molar-refractivity contribution in [1.82, 2.24) is 25.2 Å². The van der Waals surface area contributed by atoms with Crippen molar-refractivity contribution in [3.63, 3.8) is 0 Å². The predicted molar refractivity (Wildman–Crippen MR) is 85.7 cm³/mol. The van der Waals surface area contributed by atoms with E-state index in [2.05, 4.69) is 25.8 Å². The molecule has 0 aliphatic rings. The highest BCUT2D eigenvalue weighted by atomic mass is 35.5. The highest BCUT2D eigenvalue weighted by Crippen LogP contribution is 2.23. The Labute approximate surface area is 150 Å². The van der Waals surface area contributed by atoms with E-state index >= 15 is 0 Å². The number of halogens is 3. The van der Waals surface area contributed by atoms with Crippen molar-refractivity contribution in [2.24, 2.45) is 7.05 Å². The molecule has 2 heterocycles. The van der Waals surface area contributed by atoms with Gasteiger partial charge in [0, 0.05) is 13.2 Å². The number of hydrogen-bond donors (Lipinski definition) is 1. The lowest BCUT2D eigenvalue weighted by molar-refractivity contribution is -0.138. The van der Waals surface area contributed by atoms with Gasteiger partial charge in [-0.1, -0.05) is 28.3 Å². The fraction of sp³-hybridized carbons (Fsp3) is 0.231. The van der Waals surface area contributed by atoms with E-state index in [9.17, 15) is 14.0 Å². The van der Waals surface area contributed by atoms with E-state index in [1.54, 1.807) is 6.92 Å². The highest BCUT2D eigenvalue weighted by Gasteiger charge is 2.25. The molecule has 0 bridgehead atoms. The summed E-state index contributed by atoms with van der Waals surface area (Å²) in [5, 5.41) is 12.4. The second-order valence-electron chi connectivity index (χ2n) is 4.48. The molecule has 12 heteroatoms. The first-order chi connectivity index (χ1) is 11.8. The number of anilines is 1. The number of ether oxygens (including phenoxy) is 1. The third-order valence-electron chi connectivity index (χ3n) is 2.84. The number of carbonyl (C=O) groups is 2. The van der Waals surface area contributed by atoms with E-state index < -0.39 is 28.3 Å². The van der Waals surface area contributed by atoms with Gasteiger partial charge in [0.25, 0.3) is 0 Å². The molecule has 2 aromatic rings. The number of hydrogen-bond acceptors (Lipinski definition) is 8. The van der Waals surface area contributed by atoms with Gasteiger partial charge >= 0.3 is 5.97 Å². The first-order valence-corrected chi connectivity index (χ1v) is 7.53. The van der Waals surface area contributed by atoms with Crippen LogP contribution in [0.3, 0.4) is 0 Å². The Morgan fingerprint density at radius 2 is 2.12 bits per heavy atom. The number of aromatic nitrogens is 5. The first kappa shape index (κ1) is 18.7. The van der Waals surface area contributed by atoms with Crippen LogP contribution >= 0.6 is 23.2 Å². The Morgan fingerprint density at radius 3 is 2.72 bits per heavy atom. The maximum Gasteiger partial charge on any atom is 0.343 e. The van der Waals surface area contributed by atoms with Crippen molar-refractivity contribution >= 4 is 40.9 Å². The fourth-order valence-electron chi connectivity index (χ4n) is 1.66. The van der Waals surface area contributed by atoms with Crippen LogP contribution in [0.5, 0.6) is 0 Å². The van der Waals surface area contributed by atoms with E-state index in [0.29, 0.717) is 0 Å². The first-order valence-electron chi connectivity index (χ1n) is 6.77. The standard InChI is InChI=1S/C13H11Cl2FN6O3/c1-3-25-12(24)7(5-17-13-19-20-21-22(13)2)9(23)6-4-8(16)11(15)18-10(6)14/h4-5H,3H2,1-2H3,(H,17,19,21). The minimum Gasteiger partial charge on any atom is -0.462 e. The number of rotatable bonds is 6. The fourth-order valence-corrected chi connectivity index (χ4v) is 2.07. The van der Waals surface area contributed by atoms with Crippen LogP contribution in [0.25, 0.3) is 0 Å². The van der Waals surface area contributed by atoms with Gasteiger partial charge in [0.05, 0.1) is 12.2 Å². The van der Waals surface area contributed by atoms with Gasteiger partial charge in [-0.2, -0.15) is 0 Å². The zero-order valence-electron chi connectivity index (χ0n) is 13.0. The number of aryl methyl sites for hydroxylation is 1. The number of ketones is 1. The lowest BCUT2D eigenvalue weighted by Crippen LogP contribution is -2.19. The highest BCUT2D eigenvalue weighted by molar-refractivity contribution is 6.37. The van der Waals surface area contributed by atoms with Crippen LogP contribution < -0.4 is 5.32 Å². The zero-order valence-corrected chi connectivity index (χ0v) is 14.5. The lowest BCUT2D eigenvalue weighted by Gasteiger charge is -2.08. The van der Waals surface area contributed by atoms with Crippen molar-refractivity contribution in [2.75, 3.05) is 11.9 Å². The molecule has 0 amide bonds. The Balaban J connectivity index is 2.41. The van der Waals surface area contributed by atoms with Gasteiger partial charge in [-0.25, -0.2) is 18.9 Å². The summed E-state index contributed by atoms with van der Waals surface area (Å²) in [6, 6.07) is 0.789. The molecule has 25 heavy (non-hydrogen) atoms. The Kier molecular flexibility index (Phi) is 5.99. The average Bonchev–Trinajstić information content (AvgIpc) is 2.96. The van der Waals surface area contributed by atoms with Crippen LogP contribution in [0, 0.1) is 5.82 Å². The second kappa shape index (κ2) is 7.99. The van der Waals surface area contributed by atoms with Crippen LogP contribution in [-0.4, -0.2) is 43.6 Å². The van der Waals surface area contributed by atoms with Crippen molar-refractivity contribution in [3.8, 4) is 0 Å². The Bertz CT molecular complexity index is 854. The molecule has 2 rings (SSSR count). The molecule has 1 N–H and O–H groups in total.